The van der Waals surface area contributed by atoms with E-state index in [1.807, 2.05) is 13.8 Å². The maximum absolute atomic E-state index is 12.8. The molecule has 0 saturated heterocycles. The van der Waals surface area contributed by atoms with Crippen molar-refractivity contribution < 1.29 is 8.42 Å². The molecule has 0 bridgehead atoms. The minimum atomic E-state index is -3.49. The van der Waals surface area contributed by atoms with Crippen LogP contribution in [-0.2, 0) is 10.0 Å². The van der Waals surface area contributed by atoms with Crippen LogP contribution in [0.1, 0.15) is 26.7 Å². The van der Waals surface area contributed by atoms with Crippen molar-refractivity contribution in [3.63, 3.8) is 0 Å². The maximum atomic E-state index is 12.8. The summed E-state index contributed by atoms with van der Waals surface area (Å²) in [6.07, 6.45) is 3.85. The van der Waals surface area contributed by atoms with E-state index in [1.165, 1.54) is 0 Å². The number of rotatable bonds is 6. The average molecular weight is 283 g/mol. The van der Waals surface area contributed by atoms with Gasteiger partial charge in [0, 0.05) is 25.8 Å². The zero-order valence-electron chi connectivity index (χ0n) is 11.6. The number of hydrogen-bond donors (Lipinski definition) is 1. The highest BCUT2D eigenvalue weighted by Crippen LogP contribution is 2.33. The number of aromatic nitrogens is 1. The molecule has 2 rings (SSSR count). The topological polar surface area (TPSA) is 62.3 Å². The van der Waals surface area contributed by atoms with Gasteiger partial charge in [-0.3, -0.25) is 0 Å². The fourth-order valence-corrected chi connectivity index (χ4v) is 3.92. The first kappa shape index (κ1) is 14.3. The molecule has 1 heterocycles. The molecule has 0 spiro atoms. The summed E-state index contributed by atoms with van der Waals surface area (Å²) in [5.41, 5.74) is 0. The van der Waals surface area contributed by atoms with Gasteiger partial charge in [0.05, 0.1) is 0 Å². The molecular weight excluding hydrogens is 262 g/mol. The lowest BCUT2D eigenvalue weighted by molar-refractivity contribution is 0.342. The van der Waals surface area contributed by atoms with Crippen molar-refractivity contribution in [2.75, 3.05) is 18.9 Å². The minimum Gasteiger partial charge on any atom is -0.372 e. The largest absolute Gasteiger partial charge is 0.372 e. The highest BCUT2D eigenvalue weighted by Gasteiger charge is 2.34. The van der Waals surface area contributed by atoms with Gasteiger partial charge < -0.3 is 5.32 Å². The fourth-order valence-electron chi connectivity index (χ4n) is 2.05. The Morgan fingerprint density at radius 2 is 2.16 bits per heavy atom. The van der Waals surface area contributed by atoms with E-state index in [9.17, 15) is 8.42 Å². The molecule has 0 aromatic carbocycles. The van der Waals surface area contributed by atoms with Crippen LogP contribution in [0.15, 0.2) is 23.2 Å². The standard InChI is InChI=1S/C13H21N3O2S/c1-10(2)16(9-11-6-7-11)19(17,18)12-5-4-8-15-13(12)14-3/h4-5,8,10-11H,6-7,9H2,1-3H3,(H,14,15). The molecule has 19 heavy (non-hydrogen) atoms. The van der Waals surface area contributed by atoms with Gasteiger partial charge in [-0.15, -0.1) is 0 Å². The van der Waals surface area contributed by atoms with Crippen molar-refractivity contribution in [2.24, 2.45) is 5.92 Å². The van der Waals surface area contributed by atoms with E-state index in [0.29, 0.717) is 18.3 Å². The summed E-state index contributed by atoms with van der Waals surface area (Å²) >= 11 is 0. The number of nitrogens with zero attached hydrogens (tertiary/aromatic N) is 2. The maximum Gasteiger partial charge on any atom is 0.246 e. The molecule has 0 unspecified atom stereocenters. The number of hydrogen-bond acceptors (Lipinski definition) is 4. The molecule has 1 fully saturated rings. The van der Waals surface area contributed by atoms with E-state index >= 15 is 0 Å². The van der Waals surface area contributed by atoms with Gasteiger partial charge in [-0.05, 0) is 44.7 Å². The molecule has 1 aliphatic carbocycles. The summed E-state index contributed by atoms with van der Waals surface area (Å²) in [4.78, 5) is 4.34. The van der Waals surface area contributed by atoms with Crippen LogP contribution in [-0.4, -0.2) is 37.3 Å². The Balaban J connectivity index is 2.37. The molecule has 1 aliphatic rings. The van der Waals surface area contributed by atoms with E-state index in [2.05, 4.69) is 10.3 Å². The Morgan fingerprint density at radius 1 is 1.47 bits per heavy atom. The quantitative estimate of drug-likeness (QED) is 0.866. The molecule has 0 atom stereocenters. The van der Waals surface area contributed by atoms with Crippen molar-refractivity contribution in [1.29, 1.82) is 0 Å². The minimum absolute atomic E-state index is 0.0458. The highest BCUT2D eigenvalue weighted by atomic mass is 32.2. The van der Waals surface area contributed by atoms with Gasteiger partial charge in [-0.25, -0.2) is 13.4 Å². The van der Waals surface area contributed by atoms with Gasteiger partial charge in [-0.2, -0.15) is 4.31 Å². The fraction of sp³-hybridized carbons (Fsp3) is 0.615. The summed E-state index contributed by atoms with van der Waals surface area (Å²) in [6, 6.07) is 3.22. The van der Waals surface area contributed by atoms with Gasteiger partial charge in [0.2, 0.25) is 10.0 Å². The van der Waals surface area contributed by atoms with Gasteiger partial charge in [0.25, 0.3) is 0 Å². The molecule has 5 nitrogen and oxygen atoms in total. The second-order valence-corrected chi connectivity index (χ2v) is 7.07. The van der Waals surface area contributed by atoms with Crippen molar-refractivity contribution in [2.45, 2.75) is 37.6 Å². The third-order valence-electron chi connectivity index (χ3n) is 3.31. The van der Waals surface area contributed by atoms with E-state index in [-0.39, 0.29) is 10.9 Å². The Kier molecular flexibility index (Phi) is 4.10. The van der Waals surface area contributed by atoms with Gasteiger partial charge >= 0.3 is 0 Å². The summed E-state index contributed by atoms with van der Waals surface area (Å²) in [5.74, 6) is 0.927. The Labute approximate surface area is 115 Å². The second kappa shape index (κ2) is 5.46. The van der Waals surface area contributed by atoms with E-state index in [1.54, 1.807) is 29.7 Å². The van der Waals surface area contributed by atoms with Crippen molar-refractivity contribution >= 4 is 15.8 Å². The summed E-state index contributed by atoms with van der Waals surface area (Å²) < 4.78 is 27.1. The Morgan fingerprint density at radius 3 is 2.68 bits per heavy atom. The Bertz CT molecular complexity index is 539. The van der Waals surface area contributed by atoms with Crippen LogP contribution >= 0.6 is 0 Å². The van der Waals surface area contributed by atoms with Gasteiger partial charge in [0.1, 0.15) is 10.7 Å². The monoisotopic (exact) mass is 283 g/mol. The lowest BCUT2D eigenvalue weighted by Gasteiger charge is -2.26. The zero-order valence-corrected chi connectivity index (χ0v) is 12.4. The first-order chi connectivity index (χ1) is 8.96. The lowest BCUT2D eigenvalue weighted by Crippen LogP contribution is -2.38. The predicted molar refractivity (Wildman–Crippen MR) is 75.5 cm³/mol. The summed E-state index contributed by atoms with van der Waals surface area (Å²) in [6.45, 7) is 4.43. The number of pyridine rings is 1. The molecule has 6 heteroatoms. The number of sulfonamides is 1. The zero-order chi connectivity index (χ0) is 14.0. The normalized spacial score (nSPS) is 16.1. The third kappa shape index (κ3) is 3.06. The van der Waals surface area contributed by atoms with Crippen LogP contribution < -0.4 is 5.32 Å². The molecule has 1 N–H and O–H groups in total. The third-order valence-corrected chi connectivity index (χ3v) is 5.38. The van der Waals surface area contributed by atoms with Crippen molar-refractivity contribution in [3.05, 3.63) is 18.3 Å². The van der Waals surface area contributed by atoms with Crippen LogP contribution in [0.3, 0.4) is 0 Å². The van der Waals surface area contributed by atoms with Crippen LogP contribution in [0.4, 0.5) is 5.82 Å². The van der Waals surface area contributed by atoms with E-state index < -0.39 is 10.0 Å². The molecule has 0 radical (unpaired) electrons. The van der Waals surface area contributed by atoms with Gasteiger partial charge in [-0.1, -0.05) is 0 Å². The molecule has 106 valence electrons. The molecular formula is C13H21N3O2S. The second-order valence-electron chi connectivity index (χ2n) is 5.21. The Hall–Kier alpha value is -1.14. The summed E-state index contributed by atoms with van der Waals surface area (Å²) in [5, 5.41) is 2.85. The van der Waals surface area contributed by atoms with Gasteiger partial charge in [0.15, 0.2) is 0 Å². The van der Waals surface area contributed by atoms with Crippen LogP contribution in [0.25, 0.3) is 0 Å². The molecule has 1 saturated carbocycles. The molecule has 0 aliphatic heterocycles. The lowest BCUT2D eigenvalue weighted by atomic mass is 10.3. The summed E-state index contributed by atoms with van der Waals surface area (Å²) in [7, 11) is -1.81. The molecule has 0 amide bonds. The SMILES string of the molecule is CNc1ncccc1S(=O)(=O)N(CC1CC1)C(C)C. The first-order valence-electron chi connectivity index (χ1n) is 6.61. The van der Waals surface area contributed by atoms with Crippen LogP contribution in [0.2, 0.25) is 0 Å². The predicted octanol–water partition coefficient (Wildman–Crippen LogP) is 1.93. The smallest absolute Gasteiger partial charge is 0.246 e. The van der Waals surface area contributed by atoms with E-state index in [0.717, 1.165) is 12.8 Å². The highest BCUT2D eigenvalue weighted by molar-refractivity contribution is 7.89. The first-order valence-corrected chi connectivity index (χ1v) is 8.05. The van der Waals surface area contributed by atoms with Crippen LogP contribution in [0, 0.1) is 5.92 Å². The van der Waals surface area contributed by atoms with Crippen molar-refractivity contribution in [3.8, 4) is 0 Å². The molecule has 1 aromatic rings. The molecule has 1 aromatic heterocycles. The van der Waals surface area contributed by atoms with Crippen molar-refractivity contribution in [1.82, 2.24) is 9.29 Å². The van der Waals surface area contributed by atoms with E-state index in [4.69, 9.17) is 0 Å². The number of nitrogens with one attached hydrogen (secondary N) is 1. The van der Waals surface area contributed by atoms with Crippen LogP contribution in [0.5, 0.6) is 0 Å². The average Bonchev–Trinajstić information content (AvgIpc) is 3.19. The number of anilines is 1.